The van der Waals surface area contributed by atoms with Gasteiger partial charge in [0.25, 0.3) is 0 Å². The molecular weight excluding hydrogens is 1110 g/mol. The van der Waals surface area contributed by atoms with Crippen LogP contribution in [0.5, 0.6) is 0 Å². The molecular formula is C78H125NO8P+. The van der Waals surface area contributed by atoms with Crippen molar-refractivity contribution in [3.63, 3.8) is 0 Å². The summed E-state index contributed by atoms with van der Waals surface area (Å²) in [6.07, 6.45) is 104. The Kier molecular flexibility index (Phi) is 62.4. The summed E-state index contributed by atoms with van der Waals surface area (Å²) >= 11 is 0. The average molecular weight is 1240 g/mol. The van der Waals surface area contributed by atoms with Gasteiger partial charge in [-0.15, -0.1) is 0 Å². The van der Waals surface area contributed by atoms with Crippen LogP contribution in [-0.4, -0.2) is 74.9 Å². The van der Waals surface area contributed by atoms with Crippen molar-refractivity contribution in [3.8, 4) is 0 Å². The van der Waals surface area contributed by atoms with Crippen molar-refractivity contribution in [1.82, 2.24) is 0 Å². The minimum Gasteiger partial charge on any atom is -0.462 e. The smallest absolute Gasteiger partial charge is 0.462 e. The lowest BCUT2D eigenvalue weighted by Crippen LogP contribution is -2.37. The topological polar surface area (TPSA) is 108 Å². The molecule has 0 spiro atoms. The number of carbonyl (C=O) groups excluding carboxylic acids is 2. The molecule has 0 saturated heterocycles. The Morgan fingerprint density at radius 1 is 0.352 bits per heavy atom. The highest BCUT2D eigenvalue weighted by Crippen LogP contribution is 2.43. The van der Waals surface area contributed by atoms with E-state index in [1.807, 2.05) is 21.1 Å². The molecule has 0 aromatic rings. The SMILES string of the molecule is CC/C=C\C/C=C\C/C=C\C/C=C\C/C=C\C/C=C\C/C=C\C/C=C\C/C=C\CCCCCCCC(=O)OC(COC(=O)CCCCCCCCCCC/C=C\C/C=C\C/C=C\C/C=C\C/C=C\C/C=C\C/C=C\CC)COP(=O)(O)OCC[N+](C)(C)C. The molecule has 0 aliphatic rings. The maximum absolute atomic E-state index is 12.9. The van der Waals surface area contributed by atoms with Gasteiger partial charge in [0, 0.05) is 12.8 Å². The number of hydrogen-bond acceptors (Lipinski definition) is 7. The third-order valence-electron chi connectivity index (χ3n) is 13.6. The summed E-state index contributed by atoms with van der Waals surface area (Å²) in [7, 11) is 1.43. The number of unbranched alkanes of at least 4 members (excludes halogenated alkanes) is 14. The van der Waals surface area contributed by atoms with Gasteiger partial charge in [0.15, 0.2) is 6.10 Å². The van der Waals surface area contributed by atoms with Crippen LogP contribution in [0.15, 0.2) is 194 Å². The third-order valence-corrected chi connectivity index (χ3v) is 14.6. The van der Waals surface area contributed by atoms with E-state index < -0.39 is 26.5 Å². The molecule has 0 aromatic heterocycles. The van der Waals surface area contributed by atoms with Gasteiger partial charge < -0.3 is 18.9 Å². The van der Waals surface area contributed by atoms with Crippen molar-refractivity contribution in [1.29, 1.82) is 0 Å². The number of esters is 2. The van der Waals surface area contributed by atoms with Crippen molar-refractivity contribution >= 4 is 19.8 Å². The zero-order valence-corrected chi connectivity index (χ0v) is 57.0. The van der Waals surface area contributed by atoms with Gasteiger partial charge in [-0.3, -0.25) is 18.6 Å². The fourth-order valence-corrected chi connectivity index (χ4v) is 9.20. The quantitative estimate of drug-likeness (QED) is 0.0211. The molecule has 0 amide bonds. The lowest BCUT2D eigenvalue weighted by atomic mass is 10.1. The molecule has 0 fully saturated rings. The van der Waals surface area contributed by atoms with Crippen LogP contribution in [0.4, 0.5) is 0 Å². The van der Waals surface area contributed by atoms with E-state index in [0.717, 1.165) is 167 Å². The number of quaternary nitrogens is 1. The highest BCUT2D eigenvalue weighted by atomic mass is 31.2. The molecule has 9 nitrogen and oxygen atoms in total. The van der Waals surface area contributed by atoms with E-state index >= 15 is 0 Å². The fraction of sp³-hybridized carbons (Fsp3) is 0.564. The third kappa shape index (κ3) is 69.9. The number of carbonyl (C=O) groups is 2. The van der Waals surface area contributed by atoms with E-state index in [-0.39, 0.29) is 32.0 Å². The number of ether oxygens (including phenoxy) is 2. The summed E-state index contributed by atoms with van der Waals surface area (Å²) in [5, 5.41) is 0. The van der Waals surface area contributed by atoms with Gasteiger partial charge in [-0.1, -0.05) is 272 Å². The van der Waals surface area contributed by atoms with Crippen molar-refractivity contribution in [3.05, 3.63) is 194 Å². The van der Waals surface area contributed by atoms with Gasteiger partial charge in [-0.25, -0.2) is 4.57 Å². The molecule has 0 heterocycles. The van der Waals surface area contributed by atoms with E-state index in [0.29, 0.717) is 17.4 Å². The Labute approximate surface area is 539 Å². The fourth-order valence-electron chi connectivity index (χ4n) is 8.46. The maximum atomic E-state index is 12.9. The van der Waals surface area contributed by atoms with E-state index in [2.05, 4.69) is 208 Å². The summed E-state index contributed by atoms with van der Waals surface area (Å²) in [5.74, 6) is -0.842. The molecule has 2 unspecified atom stereocenters. The zero-order valence-electron chi connectivity index (χ0n) is 56.1. The Hall–Kier alpha value is -5.15. The number of phosphoric acid groups is 1. The van der Waals surface area contributed by atoms with Crippen LogP contribution in [0.2, 0.25) is 0 Å². The van der Waals surface area contributed by atoms with Gasteiger partial charge in [-0.2, -0.15) is 0 Å². The highest BCUT2D eigenvalue weighted by Gasteiger charge is 2.27. The Morgan fingerprint density at radius 2 is 0.614 bits per heavy atom. The molecule has 88 heavy (non-hydrogen) atoms. The van der Waals surface area contributed by atoms with Crippen LogP contribution < -0.4 is 0 Å². The Balaban J connectivity index is 4.22. The second-order valence-corrected chi connectivity index (χ2v) is 24.5. The Morgan fingerprint density at radius 3 is 0.909 bits per heavy atom. The second-order valence-electron chi connectivity index (χ2n) is 23.1. The zero-order chi connectivity index (χ0) is 64.1. The second kappa shape index (κ2) is 66.3. The summed E-state index contributed by atoms with van der Waals surface area (Å²) in [6, 6.07) is 0. The molecule has 1 N–H and O–H groups in total. The number of likely N-dealkylation sites (N-methyl/N-ethyl adjacent to an activating group) is 1. The lowest BCUT2D eigenvalue weighted by Gasteiger charge is -2.24. The van der Waals surface area contributed by atoms with Crippen LogP contribution in [0.1, 0.15) is 232 Å². The molecule has 0 aromatic carbocycles. The van der Waals surface area contributed by atoms with E-state index in [9.17, 15) is 19.0 Å². The van der Waals surface area contributed by atoms with Crippen molar-refractivity contribution in [2.24, 2.45) is 0 Å². The van der Waals surface area contributed by atoms with Gasteiger partial charge in [0.05, 0.1) is 27.7 Å². The molecule has 494 valence electrons. The molecule has 0 saturated carbocycles. The predicted molar refractivity (Wildman–Crippen MR) is 380 cm³/mol. The molecule has 0 radical (unpaired) electrons. The van der Waals surface area contributed by atoms with E-state index in [4.69, 9.17) is 18.5 Å². The lowest BCUT2D eigenvalue weighted by molar-refractivity contribution is -0.870. The average Bonchev–Trinajstić information content (AvgIpc) is 3.56. The van der Waals surface area contributed by atoms with Crippen LogP contribution in [0.3, 0.4) is 0 Å². The molecule has 0 rings (SSSR count). The number of hydrogen-bond donors (Lipinski definition) is 1. The van der Waals surface area contributed by atoms with Gasteiger partial charge in [0.1, 0.15) is 19.8 Å². The molecule has 2 atom stereocenters. The summed E-state index contributed by atoms with van der Waals surface area (Å²) in [4.78, 5) is 35.9. The summed E-state index contributed by atoms with van der Waals surface area (Å²) in [6.45, 7) is 4.15. The predicted octanol–water partition coefficient (Wildman–Crippen LogP) is 22.5. The van der Waals surface area contributed by atoms with Crippen molar-refractivity contribution in [2.45, 2.75) is 238 Å². The molecule has 10 heteroatoms. The molecule has 0 aliphatic heterocycles. The number of allylic oxidation sites excluding steroid dienone is 32. The first kappa shape index (κ1) is 82.8. The van der Waals surface area contributed by atoms with E-state index in [1.165, 1.54) is 32.1 Å². The Bertz CT molecular complexity index is 2190. The maximum Gasteiger partial charge on any atom is 0.472 e. The van der Waals surface area contributed by atoms with Crippen LogP contribution in [0.25, 0.3) is 0 Å². The minimum absolute atomic E-state index is 0.0151. The summed E-state index contributed by atoms with van der Waals surface area (Å²) in [5.41, 5.74) is 0. The van der Waals surface area contributed by atoms with E-state index in [1.54, 1.807) is 0 Å². The highest BCUT2D eigenvalue weighted by molar-refractivity contribution is 7.47. The van der Waals surface area contributed by atoms with Crippen LogP contribution in [-0.2, 0) is 32.7 Å². The van der Waals surface area contributed by atoms with Crippen molar-refractivity contribution in [2.75, 3.05) is 47.5 Å². The first-order chi connectivity index (χ1) is 43.0. The van der Waals surface area contributed by atoms with Gasteiger partial charge >= 0.3 is 19.8 Å². The number of nitrogens with zero attached hydrogens (tertiary/aromatic N) is 1. The standard InChI is InChI=1S/C78H124NO8P/c1-6-8-10-12-14-16-18-20-22-24-26-28-30-32-34-36-38-39-41-43-45-47-49-51-53-55-57-59-61-63-65-67-69-71-78(81)87-76(75-86-88(82,83)85-73-72-79(3,4)5)74-84-77(80)70-68-66-64-62-60-58-56-54-52-50-48-46-44-42-40-37-35-33-31-29-27-25-23-21-19-17-15-13-11-9-7-2/h8-11,14-17,20-23,26-29,32-35,38-40,42-43,45-46,48-49,51,55,57,76H,6-7,12-13,18-19,24-25,30-31,36-37,41,44,47,50,52-54,56,58-75H2,1-5H3/p+1/b10-8-,11-9-,16-14-,17-15-,22-20-,23-21-,28-26-,29-27-,34-32-,35-33-,39-38-,42-40-,45-43-,48-46-,51-49-,57-55-. The molecule has 0 aliphatic carbocycles. The van der Waals surface area contributed by atoms with Crippen LogP contribution in [0, 0.1) is 0 Å². The van der Waals surface area contributed by atoms with Gasteiger partial charge in [-0.05, 0) is 141 Å². The van der Waals surface area contributed by atoms with Gasteiger partial charge in [0.2, 0.25) is 0 Å². The monoisotopic (exact) mass is 1230 g/mol. The van der Waals surface area contributed by atoms with Crippen LogP contribution >= 0.6 is 7.82 Å². The number of phosphoric ester groups is 1. The normalized spacial score (nSPS) is 14.4. The summed E-state index contributed by atoms with van der Waals surface area (Å²) < 4.78 is 34.7. The minimum atomic E-state index is -4.42. The van der Waals surface area contributed by atoms with Crippen molar-refractivity contribution < 1.29 is 42.1 Å². The number of rotatable bonds is 60. The first-order valence-electron chi connectivity index (χ1n) is 34.2. The molecule has 0 bridgehead atoms. The first-order valence-corrected chi connectivity index (χ1v) is 35.7. The largest absolute Gasteiger partial charge is 0.472 e.